The zero-order valence-electron chi connectivity index (χ0n) is 17.5. The van der Waals surface area contributed by atoms with Gasteiger partial charge in [-0.1, -0.05) is 13.0 Å². The molecule has 1 fully saturated rings. The molecule has 2 atom stereocenters. The molecule has 0 saturated carbocycles. The second-order valence-corrected chi connectivity index (χ2v) is 8.25. The van der Waals surface area contributed by atoms with E-state index in [-0.39, 0.29) is 0 Å². The van der Waals surface area contributed by atoms with Crippen LogP contribution in [-0.2, 0) is 13.6 Å². The number of rotatable bonds is 6. The number of imidazole rings is 1. The molecule has 3 aromatic rings. The second-order valence-electron chi connectivity index (χ2n) is 8.25. The van der Waals surface area contributed by atoms with Crippen molar-refractivity contribution in [3.05, 3.63) is 53.7 Å². The SMILES string of the molecule is CCN1CCC[C@@H](CN(C)Cc2cnc3c(C)cccn23)[C@@H]1c1cnn(C)c1. The fourth-order valence-corrected chi connectivity index (χ4v) is 4.83. The minimum atomic E-state index is 0.458. The molecule has 0 N–H and O–H groups in total. The maximum absolute atomic E-state index is 4.63. The number of nitrogens with zero attached hydrogens (tertiary/aromatic N) is 6. The van der Waals surface area contributed by atoms with Gasteiger partial charge in [0.15, 0.2) is 0 Å². The summed E-state index contributed by atoms with van der Waals surface area (Å²) in [4.78, 5) is 9.70. The minimum Gasteiger partial charge on any atom is -0.303 e. The third-order valence-electron chi connectivity index (χ3n) is 6.12. The maximum Gasteiger partial charge on any atom is 0.139 e. The molecule has 0 aromatic carbocycles. The first-order valence-corrected chi connectivity index (χ1v) is 10.4. The molecule has 1 aliphatic heterocycles. The van der Waals surface area contributed by atoms with Gasteiger partial charge in [0.2, 0.25) is 0 Å². The molecule has 6 heteroatoms. The van der Waals surface area contributed by atoms with E-state index in [0.717, 1.165) is 25.3 Å². The summed E-state index contributed by atoms with van der Waals surface area (Å²) in [7, 11) is 4.25. The smallest absolute Gasteiger partial charge is 0.139 e. The molecular weight excluding hydrogens is 348 g/mol. The van der Waals surface area contributed by atoms with Crippen LogP contribution in [-0.4, -0.2) is 55.6 Å². The number of aryl methyl sites for hydroxylation is 2. The molecule has 6 nitrogen and oxygen atoms in total. The van der Waals surface area contributed by atoms with Crippen molar-refractivity contribution in [2.75, 3.05) is 26.7 Å². The average molecular weight is 381 g/mol. The Morgan fingerprint density at radius 2 is 2.14 bits per heavy atom. The third kappa shape index (κ3) is 3.71. The van der Waals surface area contributed by atoms with Crippen molar-refractivity contribution >= 4 is 5.65 Å². The first-order valence-electron chi connectivity index (χ1n) is 10.4. The summed E-state index contributed by atoms with van der Waals surface area (Å²) in [6.07, 6.45) is 10.9. The van der Waals surface area contributed by atoms with Crippen LogP contribution in [0.25, 0.3) is 5.65 Å². The molecule has 0 aliphatic carbocycles. The first-order chi connectivity index (χ1) is 13.6. The van der Waals surface area contributed by atoms with Crippen LogP contribution in [0.2, 0.25) is 0 Å². The highest BCUT2D eigenvalue weighted by Gasteiger charge is 2.33. The van der Waals surface area contributed by atoms with Crippen LogP contribution in [0.3, 0.4) is 0 Å². The lowest BCUT2D eigenvalue weighted by atomic mass is 9.85. The monoisotopic (exact) mass is 380 g/mol. The van der Waals surface area contributed by atoms with Gasteiger partial charge in [-0.3, -0.25) is 9.58 Å². The van der Waals surface area contributed by atoms with Crippen LogP contribution in [0, 0.1) is 12.8 Å². The van der Waals surface area contributed by atoms with Crippen molar-refractivity contribution < 1.29 is 0 Å². The third-order valence-corrected chi connectivity index (χ3v) is 6.12. The van der Waals surface area contributed by atoms with Gasteiger partial charge >= 0.3 is 0 Å². The number of fused-ring (bicyclic) bond motifs is 1. The molecule has 0 radical (unpaired) electrons. The fraction of sp³-hybridized carbons (Fsp3) is 0.545. The molecule has 0 unspecified atom stereocenters. The summed E-state index contributed by atoms with van der Waals surface area (Å²) in [6.45, 7) is 8.66. The van der Waals surface area contributed by atoms with Gasteiger partial charge < -0.3 is 9.30 Å². The van der Waals surface area contributed by atoms with Gasteiger partial charge in [-0.2, -0.15) is 5.10 Å². The number of hydrogen-bond donors (Lipinski definition) is 0. The summed E-state index contributed by atoms with van der Waals surface area (Å²) in [5.74, 6) is 0.615. The Balaban J connectivity index is 1.51. The molecule has 1 aliphatic rings. The second kappa shape index (κ2) is 8.05. The minimum absolute atomic E-state index is 0.458. The number of piperidine rings is 1. The van der Waals surface area contributed by atoms with Crippen molar-refractivity contribution in [3.63, 3.8) is 0 Å². The van der Waals surface area contributed by atoms with E-state index in [9.17, 15) is 0 Å². The summed E-state index contributed by atoms with van der Waals surface area (Å²) in [5.41, 5.74) is 4.89. The molecule has 1 saturated heterocycles. The largest absolute Gasteiger partial charge is 0.303 e. The number of pyridine rings is 1. The summed E-state index contributed by atoms with van der Waals surface area (Å²) in [6, 6.07) is 4.68. The van der Waals surface area contributed by atoms with Crippen molar-refractivity contribution in [2.45, 2.75) is 39.3 Å². The highest BCUT2D eigenvalue weighted by molar-refractivity contribution is 5.48. The van der Waals surface area contributed by atoms with E-state index >= 15 is 0 Å². The van der Waals surface area contributed by atoms with Crippen molar-refractivity contribution in [3.8, 4) is 0 Å². The molecule has 4 rings (SSSR count). The summed E-state index contributed by atoms with van der Waals surface area (Å²) >= 11 is 0. The lowest BCUT2D eigenvalue weighted by molar-refractivity contribution is 0.0746. The molecule has 0 spiro atoms. The molecule has 0 bridgehead atoms. The van der Waals surface area contributed by atoms with Gasteiger partial charge in [0.05, 0.1) is 18.1 Å². The standard InChI is InChI=1S/C22H32N6/c1-5-27-10-7-9-18(21(27)19-12-24-26(4)15-19)14-25(3)16-20-13-23-22-17(2)8-6-11-28(20)22/h6,8,11-13,15,18,21H,5,7,9-10,14,16H2,1-4H3/t18-,21+/m0/s1. The highest BCUT2D eigenvalue weighted by Crippen LogP contribution is 2.36. The zero-order chi connectivity index (χ0) is 19.7. The topological polar surface area (TPSA) is 41.6 Å². The molecule has 150 valence electrons. The van der Waals surface area contributed by atoms with Crippen LogP contribution < -0.4 is 0 Å². The van der Waals surface area contributed by atoms with Crippen LogP contribution in [0.5, 0.6) is 0 Å². The van der Waals surface area contributed by atoms with Gasteiger partial charge in [-0.05, 0) is 57.5 Å². The first kappa shape index (κ1) is 19.2. The van der Waals surface area contributed by atoms with Crippen LogP contribution in [0.1, 0.15) is 42.6 Å². The molecule has 4 heterocycles. The van der Waals surface area contributed by atoms with E-state index in [2.05, 4.69) is 75.9 Å². The van der Waals surface area contributed by atoms with Crippen molar-refractivity contribution in [1.82, 2.24) is 29.0 Å². The number of aromatic nitrogens is 4. The Morgan fingerprint density at radius 3 is 2.89 bits per heavy atom. The van der Waals surface area contributed by atoms with Crippen molar-refractivity contribution in [2.24, 2.45) is 13.0 Å². The van der Waals surface area contributed by atoms with E-state index < -0.39 is 0 Å². The quantitative estimate of drug-likeness (QED) is 0.658. The predicted octanol–water partition coefficient (Wildman–Crippen LogP) is 3.28. The predicted molar refractivity (Wildman–Crippen MR) is 112 cm³/mol. The Kier molecular flexibility index (Phi) is 5.51. The van der Waals surface area contributed by atoms with Crippen molar-refractivity contribution in [1.29, 1.82) is 0 Å². The van der Waals surface area contributed by atoms with Gasteiger partial charge in [-0.15, -0.1) is 0 Å². The van der Waals surface area contributed by atoms with Crippen LogP contribution >= 0.6 is 0 Å². The molecule has 0 amide bonds. The average Bonchev–Trinajstić information content (AvgIpc) is 3.29. The molecular formula is C22H32N6. The van der Waals surface area contributed by atoms with Gasteiger partial charge in [-0.25, -0.2) is 4.98 Å². The van der Waals surface area contributed by atoms with E-state index in [1.165, 1.54) is 36.2 Å². The van der Waals surface area contributed by atoms with Crippen LogP contribution in [0.4, 0.5) is 0 Å². The van der Waals surface area contributed by atoms with E-state index in [4.69, 9.17) is 0 Å². The normalized spacial score (nSPS) is 21.0. The Morgan fingerprint density at radius 1 is 1.29 bits per heavy atom. The summed E-state index contributed by atoms with van der Waals surface area (Å²) < 4.78 is 4.16. The zero-order valence-corrected chi connectivity index (χ0v) is 17.5. The fourth-order valence-electron chi connectivity index (χ4n) is 4.83. The number of likely N-dealkylation sites (tertiary alicyclic amines) is 1. The Labute approximate surface area is 167 Å². The highest BCUT2D eigenvalue weighted by atomic mass is 15.3. The number of hydrogen-bond acceptors (Lipinski definition) is 4. The van der Waals surface area contributed by atoms with E-state index in [1.807, 2.05) is 17.9 Å². The Bertz CT molecular complexity index is 926. The van der Waals surface area contributed by atoms with Crippen LogP contribution in [0.15, 0.2) is 36.9 Å². The lowest BCUT2D eigenvalue weighted by Crippen LogP contribution is -2.42. The van der Waals surface area contributed by atoms with Gasteiger partial charge in [0, 0.05) is 44.1 Å². The van der Waals surface area contributed by atoms with E-state index in [0.29, 0.717) is 12.0 Å². The summed E-state index contributed by atoms with van der Waals surface area (Å²) in [5, 5.41) is 4.44. The molecule has 3 aromatic heterocycles. The molecule has 28 heavy (non-hydrogen) atoms. The lowest BCUT2D eigenvalue weighted by Gasteiger charge is -2.42. The van der Waals surface area contributed by atoms with E-state index in [1.54, 1.807) is 0 Å². The Hall–Kier alpha value is -2.18. The van der Waals surface area contributed by atoms with Gasteiger partial charge in [0.1, 0.15) is 5.65 Å². The maximum atomic E-state index is 4.63. The van der Waals surface area contributed by atoms with Gasteiger partial charge in [0.25, 0.3) is 0 Å².